The van der Waals surface area contributed by atoms with Crippen LogP contribution in [0.5, 0.6) is 0 Å². The average Bonchev–Trinajstić information content (AvgIpc) is 2.47. The van der Waals surface area contributed by atoms with E-state index in [2.05, 4.69) is 6.07 Å². The van der Waals surface area contributed by atoms with Crippen LogP contribution >= 0.6 is 0 Å². The van der Waals surface area contributed by atoms with Crippen LogP contribution in [0.25, 0.3) is 0 Å². The minimum atomic E-state index is -0.341. The van der Waals surface area contributed by atoms with Gasteiger partial charge in [-0.1, -0.05) is 24.3 Å². The Morgan fingerprint density at radius 2 is 2.27 bits per heavy atom. The van der Waals surface area contributed by atoms with E-state index in [1.165, 1.54) is 0 Å². The molecule has 2 nitrogen and oxygen atoms in total. The van der Waals surface area contributed by atoms with Crippen molar-refractivity contribution >= 4 is 0 Å². The summed E-state index contributed by atoms with van der Waals surface area (Å²) in [5.74, 6) is 0. The van der Waals surface area contributed by atoms with Gasteiger partial charge in [0.15, 0.2) is 6.10 Å². The standard InChI is InChI=1S/C9H7NO/c10-5-9-8-4-2-1-3-7(8)6-11-9/h1-4,9H,6H2. The maximum absolute atomic E-state index is 8.64. The van der Waals surface area contributed by atoms with Crippen LogP contribution in [0.4, 0.5) is 0 Å². The van der Waals surface area contributed by atoms with Crippen molar-refractivity contribution in [2.45, 2.75) is 12.7 Å². The molecule has 0 aliphatic carbocycles. The lowest BCUT2D eigenvalue weighted by molar-refractivity contribution is 0.104. The topological polar surface area (TPSA) is 33.0 Å². The highest BCUT2D eigenvalue weighted by Crippen LogP contribution is 2.28. The molecule has 0 fully saturated rings. The summed E-state index contributed by atoms with van der Waals surface area (Å²) in [6.45, 7) is 0.578. The quantitative estimate of drug-likeness (QED) is 0.557. The molecule has 2 rings (SSSR count). The molecular weight excluding hydrogens is 138 g/mol. The summed E-state index contributed by atoms with van der Waals surface area (Å²) in [4.78, 5) is 0. The molecule has 1 heterocycles. The molecule has 2 heteroatoms. The molecule has 11 heavy (non-hydrogen) atoms. The first-order valence-corrected chi connectivity index (χ1v) is 3.51. The van der Waals surface area contributed by atoms with Gasteiger partial charge in [-0.05, 0) is 5.56 Å². The zero-order chi connectivity index (χ0) is 7.68. The summed E-state index contributed by atoms with van der Waals surface area (Å²) in [6.07, 6.45) is -0.341. The largest absolute Gasteiger partial charge is 0.354 e. The van der Waals surface area contributed by atoms with E-state index < -0.39 is 0 Å². The van der Waals surface area contributed by atoms with Crippen LogP contribution in [0.15, 0.2) is 24.3 Å². The first-order chi connectivity index (χ1) is 5.42. The van der Waals surface area contributed by atoms with Gasteiger partial charge in [0.05, 0.1) is 12.7 Å². The smallest absolute Gasteiger partial charge is 0.169 e. The van der Waals surface area contributed by atoms with Gasteiger partial charge in [0.2, 0.25) is 0 Å². The van der Waals surface area contributed by atoms with E-state index in [1.54, 1.807) is 0 Å². The lowest BCUT2D eigenvalue weighted by atomic mass is 10.1. The third kappa shape index (κ3) is 0.903. The van der Waals surface area contributed by atoms with Crippen LogP contribution in [0.2, 0.25) is 0 Å². The summed E-state index contributed by atoms with van der Waals surface area (Å²) in [5, 5.41) is 8.64. The molecule has 0 spiro atoms. The fourth-order valence-corrected chi connectivity index (χ4v) is 1.29. The fourth-order valence-electron chi connectivity index (χ4n) is 1.29. The maximum Gasteiger partial charge on any atom is 0.169 e. The van der Waals surface area contributed by atoms with Gasteiger partial charge >= 0.3 is 0 Å². The van der Waals surface area contributed by atoms with Gasteiger partial charge in [0.25, 0.3) is 0 Å². The van der Waals surface area contributed by atoms with E-state index in [0.29, 0.717) is 6.61 Å². The molecular formula is C9H7NO. The summed E-state index contributed by atoms with van der Waals surface area (Å²) >= 11 is 0. The molecule has 1 atom stereocenters. The van der Waals surface area contributed by atoms with Crippen molar-refractivity contribution in [1.82, 2.24) is 0 Å². The van der Waals surface area contributed by atoms with Crippen LogP contribution in [-0.2, 0) is 11.3 Å². The predicted molar refractivity (Wildman–Crippen MR) is 39.6 cm³/mol. The van der Waals surface area contributed by atoms with Gasteiger partial charge < -0.3 is 4.74 Å². The second-order valence-corrected chi connectivity index (χ2v) is 2.52. The third-order valence-electron chi connectivity index (χ3n) is 1.86. The molecule has 0 saturated carbocycles. The molecule has 0 bridgehead atoms. The molecule has 0 amide bonds. The van der Waals surface area contributed by atoms with Crippen molar-refractivity contribution in [1.29, 1.82) is 5.26 Å². The van der Waals surface area contributed by atoms with E-state index in [0.717, 1.165) is 11.1 Å². The van der Waals surface area contributed by atoms with Gasteiger partial charge in [-0.25, -0.2) is 0 Å². The van der Waals surface area contributed by atoms with Gasteiger partial charge in [-0.3, -0.25) is 0 Å². The minimum absolute atomic E-state index is 0.341. The zero-order valence-corrected chi connectivity index (χ0v) is 5.95. The maximum atomic E-state index is 8.64. The van der Waals surface area contributed by atoms with Gasteiger partial charge in [0, 0.05) is 5.56 Å². The van der Waals surface area contributed by atoms with Crippen LogP contribution in [-0.4, -0.2) is 0 Å². The van der Waals surface area contributed by atoms with Crippen molar-refractivity contribution in [3.05, 3.63) is 35.4 Å². The number of nitrogens with zero attached hydrogens (tertiary/aromatic N) is 1. The Hall–Kier alpha value is -1.33. The van der Waals surface area contributed by atoms with Crippen LogP contribution < -0.4 is 0 Å². The molecule has 54 valence electrons. The zero-order valence-electron chi connectivity index (χ0n) is 5.95. The van der Waals surface area contributed by atoms with Crippen molar-refractivity contribution in [2.24, 2.45) is 0 Å². The molecule has 1 aliphatic rings. The molecule has 0 aromatic heterocycles. The number of nitriles is 1. The van der Waals surface area contributed by atoms with Crippen molar-refractivity contribution in [3.63, 3.8) is 0 Å². The fraction of sp³-hybridized carbons (Fsp3) is 0.222. The van der Waals surface area contributed by atoms with Gasteiger partial charge in [-0.15, -0.1) is 0 Å². The summed E-state index contributed by atoms with van der Waals surface area (Å²) in [7, 11) is 0. The molecule has 0 N–H and O–H groups in total. The van der Waals surface area contributed by atoms with Crippen LogP contribution in [0.3, 0.4) is 0 Å². The lowest BCUT2D eigenvalue weighted by Crippen LogP contribution is -1.89. The van der Waals surface area contributed by atoms with Gasteiger partial charge in [-0.2, -0.15) is 5.26 Å². The Balaban J connectivity index is 2.49. The highest BCUT2D eigenvalue weighted by atomic mass is 16.5. The number of fused-ring (bicyclic) bond motifs is 1. The minimum Gasteiger partial charge on any atom is -0.354 e. The Morgan fingerprint density at radius 3 is 3.09 bits per heavy atom. The van der Waals surface area contributed by atoms with E-state index >= 15 is 0 Å². The predicted octanol–water partition coefficient (Wildman–Crippen LogP) is 1.78. The Labute approximate surface area is 65.0 Å². The summed E-state index contributed by atoms with van der Waals surface area (Å²) in [6, 6.07) is 9.92. The SMILES string of the molecule is N#CC1OCc2ccccc21. The number of benzene rings is 1. The summed E-state index contributed by atoms with van der Waals surface area (Å²) < 4.78 is 5.21. The van der Waals surface area contributed by atoms with Crippen molar-refractivity contribution in [2.75, 3.05) is 0 Å². The molecule has 1 aromatic rings. The number of hydrogen-bond acceptors (Lipinski definition) is 2. The van der Waals surface area contributed by atoms with E-state index in [9.17, 15) is 0 Å². The number of ether oxygens (including phenoxy) is 1. The second-order valence-electron chi connectivity index (χ2n) is 2.52. The van der Waals surface area contributed by atoms with Crippen molar-refractivity contribution < 1.29 is 4.74 Å². The molecule has 0 radical (unpaired) electrons. The first kappa shape index (κ1) is 6.38. The molecule has 1 aromatic carbocycles. The Bertz CT molecular complexity index is 314. The Kier molecular flexibility index (Phi) is 1.38. The average molecular weight is 145 g/mol. The number of rotatable bonds is 0. The Morgan fingerprint density at radius 1 is 1.45 bits per heavy atom. The van der Waals surface area contributed by atoms with Gasteiger partial charge in [0.1, 0.15) is 0 Å². The van der Waals surface area contributed by atoms with E-state index in [-0.39, 0.29) is 6.10 Å². The first-order valence-electron chi connectivity index (χ1n) is 3.51. The highest BCUT2D eigenvalue weighted by molar-refractivity contribution is 5.34. The van der Waals surface area contributed by atoms with Crippen LogP contribution in [0.1, 0.15) is 17.2 Å². The third-order valence-corrected chi connectivity index (χ3v) is 1.86. The highest BCUT2D eigenvalue weighted by Gasteiger charge is 2.21. The number of hydrogen-bond donors (Lipinski definition) is 0. The summed E-state index contributed by atoms with van der Waals surface area (Å²) in [5.41, 5.74) is 2.16. The lowest BCUT2D eigenvalue weighted by Gasteiger charge is -1.97. The monoisotopic (exact) mass is 145 g/mol. The van der Waals surface area contributed by atoms with Crippen LogP contribution in [0, 0.1) is 11.3 Å². The van der Waals surface area contributed by atoms with E-state index in [1.807, 2.05) is 24.3 Å². The normalized spacial score (nSPS) is 20.8. The molecule has 0 saturated heterocycles. The molecule has 1 unspecified atom stereocenters. The molecule has 1 aliphatic heterocycles. The second kappa shape index (κ2) is 2.37. The van der Waals surface area contributed by atoms with E-state index in [4.69, 9.17) is 10.00 Å². The van der Waals surface area contributed by atoms with Crippen molar-refractivity contribution in [3.8, 4) is 6.07 Å².